The maximum atomic E-state index is 12.7. The van der Waals surface area contributed by atoms with Crippen LogP contribution in [0.25, 0.3) is 6.08 Å². The number of thiocarbonyl (C=S) groups is 1. The van der Waals surface area contributed by atoms with Gasteiger partial charge in [0.15, 0.2) is 10.9 Å². The van der Waals surface area contributed by atoms with E-state index in [9.17, 15) is 14.4 Å². The molecule has 0 aliphatic carbocycles. The predicted octanol–water partition coefficient (Wildman–Crippen LogP) is 5.25. The lowest BCUT2D eigenvalue weighted by Crippen LogP contribution is -2.46. The van der Waals surface area contributed by atoms with Crippen LogP contribution in [0.3, 0.4) is 0 Å². The van der Waals surface area contributed by atoms with Gasteiger partial charge in [0, 0.05) is 5.69 Å². The summed E-state index contributed by atoms with van der Waals surface area (Å²) in [6.45, 7) is -0.233. The summed E-state index contributed by atoms with van der Waals surface area (Å²) in [4.78, 5) is 36.6. The number of carbonyl (C=O) groups is 3. The van der Waals surface area contributed by atoms with Crippen LogP contribution in [0.15, 0.2) is 45.8 Å². The smallest absolute Gasteiger partial charge is 0.343 e. The number of esters is 1. The normalized spacial score (nSPS) is 14.4. The van der Waals surface area contributed by atoms with Crippen molar-refractivity contribution < 1.29 is 23.9 Å². The molecule has 0 atom stereocenters. The van der Waals surface area contributed by atoms with Crippen molar-refractivity contribution in [1.29, 1.82) is 0 Å². The molecule has 0 aromatic heterocycles. The number of carbonyl (C=O) groups excluding carboxylic acids is 3. The highest BCUT2D eigenvalue weighted by Crippen LogP contribution is 2.33. The third-order valence-electron chi connectivity index (χ3n) is 4.01. The molecule has 2 aromatic carbocycles. The Morgan fingerprint density at radius 1 is 1.21 bits per heavy atom. The summed E-state index contributed by atoms with van der Waals surface area (Å²) < 4.78 is 10.6. The first-order chi connectivity index (χ1) is 15.7. The highest BCUT2D eigenvalue weighted by Gasteiger charge is 2.33. The Hall–Kier alpha value is -2.31. The van der Waals surface area contributed by atoms with Gasteiger partial charge < -0.3 is 14.8 Å². The number of hydrazine groups is 1. The second-order valence-electron chi connectivity index (χ2n) is 6.27. The maximum absolute atomic E-state index is 12.7. The second kappa shape index (κ2) is 11.2. The van der Waals surface area contributed by atoms with Crippen LogP contribution in [0.4, 0.5) is 10.5 Å². The fraction of sp³-hybridized carbons (Fsp3) is 0.100. The number of ether oxygens (including phenoxy) is 2. The molecule has 2 N–H and O–H groups in total. The first-order valence-electron chi connectivity index (χ1n) is 8.97. The lowest BCUT2D eigenvalue weighted by atomic mass is 10.2. The van der Waals surface area contributed by atoms with Gasteiger partial charge in [0.05, 0.1) is 26.5 Å². The van der Waals surface area contributed by atoms with E-state index in [1.54, 1.807) is 30.3 Å². The van der Waals surface area contributed by atoms with E-state index < -0.39 is 17.9 Å². The van der Waals surface area contributed by atoms with E-state index in [2.05, 4.69) is 31.4 Å². The largest absolute Gasteiger partial charge is 0.481 e. The van der Waals surface area contributed by atoms with Crippen LogP contribution in [-0.2, 0) is 14.3 Å². The van der Waals surface area contributed by atoms with Crippen LogP contribution >= 0.6 is 63.1 Å². The molecule has 1 fully saturated rings. The van der Waals surface area contributed by atoms with E-state index in [-0.39, 0.29) is 16.0 Å². The number of methoxy groups -OCH3 is 1. The first kappa shape index (κ1) is 25.3. The molecule has 172 valence electrons. The molecule has 1 saturated heterocycles. The van der Waals surface area contributed by atoms with Gasteiger partial charge in [0.2, 0.25) is 0 Å². The van der Waals surface area contributed by atoms with E-state index in [0.29, 0.717) is 31.4 Å². The van der Waals surface area contributed by atoms with Crippen molar-refractivity contribution in [2.24, 2.45) is 0 Å². The summed E-state index contributed by atoms with van der Waals surface area (Å²) >= 11 is 21.4. The molecule has 1 aliphatic heterocycles. The average molecular weight is 591 g/mol. The molecule has 3 rings (SSSR count). The minimum Gasteiger partial charge on any atom is -0.481 e. The summed E-state index contributed by atoms with van der Waals surface area (Å²) in [6, 6.07) is 8.95. The van der Waals surface area contributed by atoms with Gasteiger partial charge in [0.1, 0.15) is 5.75 Å². The zero-order valence-electron chi connectivity index (χ0n) is 16.7. The summed E-state index contributed by atoms with van der Waals surface area (Å²) in [7, 11) is 1.27. The van der Waals surface area contributed by atoms with E-state index >= 15 is 0 Å². The summed E-state index contributed by atoms with van der Waals surface area (Å²) in [5, 5.41) is 4.15. The lowest BCUT2D eigenvalue weighted by Gasteiger charge is -2.16. The van der Waals surface area contributed by atoms with Gasteiger partial charge in [-0.25, -0.2) is 15.0 Å². The minimum atomic E-state index is -0.680. The number of benzene rings is 2. The molecular weight excluding hydrogens is 577 g/mol. The topological polar surface area (TPSA) is 97.0 Å². The van der Waals surface area contributed by atoms with Crippen LogP contribution in [0.1, 0.15) is 5.56 Å². The van der Waals surface area contributed by atoms with E-state index in [1.165, 1.54) is 19.2 Å². The quantitative estimate of drug-likeness (QED) is 0.269. The van der Waals surface area contributed by atoms with Gasteiger partial charge in [-0.2, -0.15) is 5.01 Å². The standard InChI is InChI=1S/C20H14BrCl2N3O5S2/c1-30-17(27)9-31-15-5-2-10(6-12(15)21)7-16-18(28)26(20(32)33-16)25-19(29)24-11-3-4-13(22)14(23)8-11/h2-8H,9H2,1H3,(H2,24,25,29)/b16-7+. The van der Waals surface area contributed by atoms with E-state index in [4.69, 9.17) is 40.2 Å². The number of halogens is 3. The number of amides is 3. The molecule has 0 saturated carbocycles. The van der Waals surface area contributed by atoms with Gasteiger partial charge >= 0.3 is 12.0 Å². The van der Waals surface area contributed by atoms with Crippen molar-refractivity contribution in [3.05, 3.63) is 61.4 Å². The van der Waals surface area contributed by atoms with Gasteiger partial charge in [-0.05, 0) is 70.1 Å². The van der Waals surface area contributed by atoms with Crippen molar-refractivity contribution in [3.8, 4) is 5.75 Å². The third kappa shape index (κ3) is 6.61. The number of rotatable bonds is 6. The van der Waals surface area contributed by atoms with Gasteiger partial charge in [-0.3, -0.25) is 4.79 Å². The average Bonchev–Trinajstić information content (AvgIpc) is 3.02. The van der Waals surface area contributed by atoms with Crippen molar-refractivity contribution in [3.63, 3.8) is 0 Å². The molecule has 1 aliphatic rings. The Balaban J connectivity index is 1.66. The number of anilines is 1. The van der Waals surface area contributed by atoms with Crippen molar-refractivity contribution in [2.45, 2.75) is 0 Å². The predicted molar refractivity (Wildman–Crippen MR) is 135 cm³/mol. The number of hydrogen-bond donors (Lipinski definition) is 2. The number of nitrogens with zero attached hydrogens (tertiary/aromatic N) is 1. The highest BCUT2D eigenvalue weighted by atomic mass is 79.9. The molecule has 0 unspecified atom stereocenters. The maximum Gasteiger partial charge on any atom is 0.343 e. The van der Waals surface area contributed by atoms with Crippen LogP contribution in [-0.4, -0.2) is 41.0 Å². The fourth-order valence-electron chi connectivity index (χ4n) is 2.47. The third-order valence-corrected chi connectivity index (χ3v) is 6.67. The molecule has 0 spiro atoms. The molecule has 13 heteroatoms. The summed E-state index contributed by atoms with van der Waals surface area (Å²) in [5.74, 6) is -0.562. The minimum absolute atomic E-state index is 0.160. The Morgan fingerprint density at radius 2 is 1.97 bits per heavy atom. The van der Waals surface area contributed by atoms with Crippen LogP contribution < -0.4 is 15.5 Å². The lowest BCUT2D eigenvalue weighted by molar-refractivity contribution is -0.142. The van der Waals surface area contributed by atoms with E-state index in [1.807, 2.05) is 0 Å². The Bertz CT molecular complexity index is 1180. The monoisotopic (exact) mass is 589 g/mol. The molecular formula is C20H14BrCl2N3O5S2. The Labute approximate surface area is 216 Å². The zero-order chi connectivity index (χ0) is 24.1. The van der Waals surface area contributed by atoms with E-state index in [0.717, 1.165) is 16.8 Å². The molecule has 3 amide bonds. The Morgan fingerprint density at radius 3 is 2.64 bits per heavy atom. The fourth-order valence-corrected chi connectivity index (χ4v) is 4.46. The summed E-state index contributed by atoms with van der Waals surface area (Å²) in [5.41, 5.74) is 3.48. The van der Waals surface area contributed by atoms with Gasteiger partial charge in [-0.1, -0.05) is 41.0 Å². The van der Waals surface area contributed by atoms with Gasteiger partial charge in [-0.15, -0.1) is 0 Å². The number of nitrogens with one attached hydrogen (secondary N) is 2. The highest BCUT2D eigenvalue weighted by molar-refractivity contribution is 9.10. The van der Waals surface area contributed by atoms with Crippen molar-refractivity contribution in [2.75, 3.05) is 19.0 Å². The van der Waals surface area contributed by atoms with Crippen molar-refractivity contribution in [1.82, 2.24) is 10.4 Å². The molecule has 0 bridgehead atoms. The molecule has 0 radical (unpaired) electrons. The molecule has 8 nitrogen and oxygen atoms in total. The molecule has 2 aromatic rings. The van der Waals surface area contributed by atoms with Crippen molar-refractivity contribution >= 4 is 97.1 Å². The molecule has 1 heterocycles. The van der Waals surface area contributed by atoms with Crippen LogP contribution in [0, 0.1) is 0 Å². The molecule has 33 heavy (non-hydrogen) atoms. The van der Waals surface area contributed by atoms with Crippen LogP contribution in [0.5, 0.6) is 5.75 Å². The Kier molecular flexibility index (Phi) is 8.60. The van der Waals surface area contributed by atoms with Crippen LogP contribution in [0.2, 0.25) is 10.0 Å². The SMILES string of the molecule is COC(=O)COc1ccc(/C=C2/SC(=S)N(NC(=O)Nc3ccc(Cl)c(Cl)c3)C2=O)cc1Br. The van der Waals surface area contributed by atoms with Gasteiger partial charge in [0.25, 0.3) is 5.91 Å². The summed E-state index contributed by atoms with van der Waals surface area (Å²) in [6.07, 6.45) is 1.62. The second-order valence-corrected chi connectivity index (χ2v) is 9.61. The number of urea groups is 1. The number of hydrogen-bond acceptors (Lipinski definition) is 7. The number of thioether (sulfide) groups is 1. The zero-order valence-corrected chi connectivity index (χ0v) is 21.4. The first-order valence-corrected chi connectivity index (χ1v) is 11.7.